The van der Waals surface area contributed by atoms with Crippen LogP contribution in [0.25, 0.3) is 11.1 Å². The monoisotopic (exact) mass is 405 g/mol. The first-order valence-electron chi connectivity index (χ1n) is 9.95. The molecule has 5 nitrogen and oxygen atoms in total. The van der Waals surface area contributed by atoms with E-state index in [2.05, 4.69) is 6.92 Å². The average molecular weight is 405 g/mol. The van der Waals surface area contributed by atoms with Crippen LogP contribution in [0.5, 0.6) is 5.75 Å². The fourth-order valence-electron chi connectivity index (χ4n) is 3.42. The summed E-state index contributed by atoms with van der Waals surface area (Å²) in [4.78, 5) is 11.7. The normalized spacial score (nSPS) is 11.8. The van der Waals surface area contributed by atoms with Crippen molar-refractivity contribution in [1.82, 2.24) is 0 Å². The molecule has 0 bridgehead atoms. The minimum Gasteiger partial charge on any atom is -0.478 e. The molecule has 3 aromatic carbocycles. The van der Waals surface area contributed by atoms with Crippen LogP contribution in [0.2, 0.25) is 0 Å². The van der Waals surface area contributed by atoms with Gasteiger partial charge in [-0.2, -0.15) is 0 Å². The van der Waals surface area contributed by atoms with E-state index < -0.39 is 5.97 Å². The first kappa shape index (κ1) is 21.4. The predicted molar refractivity (Wildman–Crippen MR) is 119 cm³/mol. The van der Waals surface area contributed by atoms with Crippen molar-refractivity contribution in [1.29, 1.82) is 0 Å². The van der Waals surface area contributed by atoms with Crippen molar-refractivity contribution in [3.05, 3.63) is 83.4 Å². The van der Waals surface area contributed by atoms with E-state index >= 15 is 0 Å². The lowest BCUT2D eigenvalue weighted by Crippen LogP contribution is -2.09. The second-order valence-electron chi connectivity index (χ2n) is 7.31. The number of ether oxygens (including phenoxy) is 2. The molecule has 0 saturated heterocycles. The molecule has 0 aliphatic carbocycles. The van der Waals surface area contributed by atoms with Crippen LogP contribution < -0.4 is 10.5 Å². The summed E-state index contributed by atoms with van der Waals surface area (Å²) in [6, 6.07) is 20.6. The molecule has 30 heavy (non-hydrogen) atoms. The maximum atomic E-state index is 11.7. The molecule has 0 aromatic heterocycles. The standard InChI is InChI=1S/C25H27NO4/c1-17(19-8-10-21(26)11-9-19)14-15-29-16-30-23-13-12-22(25(27)28)24(18(23)2)20-6-4-3-5-7-20/h3-13,17H,14-16,26H2,1-2H3,(H,27,28). The van der Waals surface area contributed by atoms with Crippen LogP contribution in [0.4, 0.5) is 5.69 Å². The number of carboxylic acids is 1. The highest BCUT2D eigenvalue weighted by Crippen LogP contribution is 2.33. The van der Waals surface area contributed by atoms with Gasteiger partial charge in [-0.3, -0.25) is 0 Å². The summed E-state index contributed by atoms with van der Waals surface area (Å²) in [6.45, 7) is 4.68. The molecule has 1 atom stereocenters. The Hall–Kier alpha value is -3.31. The van der Waals surface area contributed by atoms with E-state index in [0.717, 1.165) is 23.2 Å². The Kier molecular flexibility index (Phi) is 7.09. The maximum Gasteiger partial charge on any atom is 0.336 e. The van der Waals surface area contributed by atoms with Gasteiger partial charge in [0, 0.05) is 11.3 Å². The first-order chi connectivity index (χ1) is 14.5. The SMILES string of the molecule is Cc1c(OCOCCC(C)c2ccc(N)cc2)ccc(C(=O)O)c1-c1ccccc1. The summed E-state index contributed by atoms with van der Waals surface area (Å²) in [5.74, 6) is 0.00807. The van der Waals surface area contributed by atoms with Crippen molar-refractivity contribution in [3.63, 3.8) is 0 Å². The summed E-state index contributed by atoms with van der Waals surface area (Å²) in [5, 5.41) is 9.58. The molecule has 5 heteroatoms. The smallest absolute Gasteiger partial charge is 0.336 e. The van der Waals surface area contributed by atoms with Crippen LogP contribution in [-0.4, -0.2) is 24.5 Å². The number of hydrogen-bond donors (Lipinski definition) is 2. The predicted octanol–water partition coefficient (Wildman–Crippen LogP) is 5.49. The Morgan fingerprint density at radius 3 is 2.40 bits per heavy atom. The number of nitrogen functional groups attached to an aromatic ring is 1. The Balaban J connectivity index is 1.60. The van der Waals surface area contributed by atoms with Gasteiger partial charge in [-0.25, -0.2) is 4.79 Å². The number of benzene rings is 3. The zero-order valence-electron chi connectivity index (χ0n) is 17.3. The molecule has 0 fully saturated rings. The summed E-state index contributed by atoms with van der Waals surface area (Å²) in [7, 11) is 0. The van der Waals surface area contributed by atoms with Crippen LogP contribution in [0.3, 0.4) is 0 Å². The minimum absolute atomic E-state index is 0.107. The van der Waals surface area contributed by atoms with Crippen molar-refractivity contribution in [2.45, 2.75) is 26.2 Å². The Morgan fingerprint density at radius 1 is 1.03 bits per heavy atom. The number of hydrogen-bond acceptors (Lipinski definition) is 4. The van der Waals surface area contributed by atoms with Crippen LogP contribution in [0, 0.1) is 6.92 Å². The zero-order valence-corrected chi connectivity index (χ0v) is 17.3. The molecule has 0 spiro atoms. The molecular weight excluding hydrogens is 378 g/mol. The van der Waals surface area contributed by atoms with Gasteiger partial charge in [-0.15, -0.1) is 0 Å². The van der Waals surface area contributed by atoms with Gasteiger partial charge < -0.3 is 20.3 Å². The Morgan fingerprint density at radius 2 is 1.73 bits per heavy atom. The lowest BCUT2D eigenvalue weighted by atomic mass is 9.94. The first-order valence-corrected chi connectivity index (χ1v) is 9.95. The summed E-state index contributed by atoms with van der Waals surface area (Å²) in [6.07, 6.45) is 0.861. The highest BCUT2D eigenvalue weighted by molar-refractivity contribution is 5.97. The van der Waals surface area contributed by atoms with E-state index in [9.17, 15) is 9.90 Å². The fraction of sp³-hybridized carbons (Fsp3) is 0.240. The van der Waals surface area contributed by atoms with Gasteiger partial charge >= 0.3 is 5.97 Å². The number of nitrogens with two attached hydrogens (primary N) is 1. The van der Waals surface area contributed by atoms with Crippen molar-refractivity contribution in [2.75, 3.05) is 19.1 Å². The third kappa shape index (κ3) is 5.19. The van der Waals surface area contributed by atoms with Crippen molar-refractivity contribution < 1.29 is 19.4 Å². The highest BCUT2D eigenvalue weighted by atomic mass is 16.7. The number of rotatable bonds is 9. The molecule has 0 radical (unpaired) electrons. The molecule has 3 aromatic rings. The largest absolute Gasteiger partial charge is 0.478 e. The Labute approximate surface area is 177 Å². The number of carboxylic acid groups (broad SMARTS) is 1. The number of aromatic carboxylic acids is 1. The van der Waals surface area contributed by atoms with E-state index in [1.807, 2.05) is 61.5 Å². The number of anilines is 1. The van der Waals surface area contributed by atoms with Gasteiger partial charge in [-0.1, -0.05) is 49.4 Å². The molecule has 0 saturated carbocycles. The maximum absolute atomic E-state index is 11.7. The number of carbonyl (C=O) groups is 1. The van der Waals surface area contributed by atoms with Crippen molar-refractivity contribution >= 4 is 11.7 Å². The van der Waals surface area contributed by atoms with Crippen LogP contribution in [-0.2, 0) is 4.74 Å². The van der Waals surface area contributed by atoms with E-state index in [1.54, 1.807) is 12.1 Å². The molecule has 0 aliphatic rings. The summed E-state index contributed by atoms with van der Waals surface area (Å²) in [5.41, 5.74) is 10.3. The topological polar surface area (TPSA) is 81.8 Å². The molecule has 0 heterocycles. The van der Waals surface area contributed by atoms with Crippen LogP contribution >= 0.6 is 0 Å². The molecule has 0 amide bonds. The third-order valence-electron chi connectivity index (χ3n) is 5.21. The van der Waals surface area contributed by atoms with Gasteiger partial charge in [0.15, 0.2) is 6.79 Å². The average Bonchev–Trinajstić information content (AvgIpc) is 2.75. The second kappa shape index (κ2) is 9.94. The van der Waals surface area contributed by atoms with Gasteiger partial charge in [0.1, 0.15) is 5.75 Å². The second-order valence-corrected chi connectivity index (χ2v) is 7.31. The van der Waals surface area contributed by atoms with E-state index in [0.29, 0.717) is 23.8 Å². The highest BCUT2D eigenvalue weighted by Gasteiger charge is 2.17. The molecule has 156 valence electrons. The van der Waals surface area contributed by atoms with E-state index in [4.69, 9.17) is 15.2 Å². The van der Waals surface area contributed by atoms with E-state index in [1.165, 1.54) is 5.56 Å². The van der Waals surface area contributed by atoms with Gasteiger partial charge in [0.25, 0.3) is 0 Å². The Bertz CT molecular complexity index is 984. The quantitative estimate of drug-likeness (QED) is 0.279. The molecule has 0 aliphatic heterocycles. The summed E-state index contributed by atoms with van der Waals surface area (Å²) < 4.78 is 11.5. The lowest BCUT2D eigenvalue weighted by Gasteiger charge is -2.16. The molecular formula is C25H27NO4. The lowest BCUT2D eigenvalue weighted by molar-refractivity contribution is 0.0122. The van der Waals surface area contributed by atoms with E-state index in [-0.39, 0.29) is 12.4 Å². The fourth-order valence-corrected chi connectivity index (χ4v) is 3.42. The van der Waals surface area contributed by atoms with Crippen molar-refractivity contribution in [3.8, 4) is 16.9 Å². The van der Waals surface area contributed by atoms with Gasteiger partial charge in [-0.05, 0) is 60.2 Å². The zero-order chi connectivity index (χ0) is 21.5. The molecule has 3 N–H and O–H groups in total. The third-order valence-corrected chi connectivity index (χ3v) is 5.21. The van der Waals surface area contributed by atoms with Gasteiger partial charge in [0.2, 0.25) is 0 Å². The van der Waals surface area contributed by atoms with Crippen LogP contribution in [0.1, 0.15) is 40.7 Å². The van der Waals surface area contributed by atoms with Gasteiger partial charge in [0.05, 0.1) is 12.2 Å². The molecule has 1 unspecified atom stereocenters. The van der Waals surface area contributed by atoms with Crippen LogP contribution in [0.15, 0.2) is 66.7 Å². The summed E-state index contributed by atoms with van der Waals surface area (Å²) >= 11 is 0. The molecule has 3 rings (SSSR count). The minimum atomic E-state index is -0.962. The van der Waals surface area contributed by atoms with Crippen molar-refractivity contribution in [2.24, 2.45) is 0 Å².